The van der Waals surface area contributed by atoms with E-state index in [2.05, 4.69) is 6.58 Å². The average Bonchev–Trinajstić information content (AvgIpc) is 2.29. The first-order valence-corrected chi connectivity index (χ1v) is 4.63. The maximum Gasteiger partial charge on any atom is 0.342 e. The molecule has 1 rings (SSSR count). The van der Waals surface area contributed by atoms with Gasteiger partial charge in [0.15, 0.2) is 0 Å². The average molecular weight is 317 g/mol. The maximum absolute atomic E-state index is 10.4. The number of carbonyl (C=O) groups is 2. The van der Waals surface area contributed by atoms with E-state index in [1.165, 1.54) is 25.1 Å². The smallest absolute Gasteiger partial charge is 0.342 e. The van der Waals surface area contributed by atoms with Gasteiger partial charge in [-0.15, -0.1) is 0 Å². The molecule has 0 amide bonds. The van der Waals surface area contributed by atoms with Crippen LogP contribution in [0.5, 0.6) is 0 Å². The van der Waals surface area contributed by atoms with E-state index in [1.807, 2.05) is 0 Å². The molecule has 1 aromatic carbocycles. The zero-order valence-electron chi connectivity index (χ0n) is 9.79. The first-order chi connectivity index (χ1) is 8.27. The fraction of sp³-hybridized carbons (Fsp3) is 0.0909. The van der Waals surface area contributed by atoms with Gasteiger partial charge in [-0.25, -0.2) is 9.59 Å². The summed E-state index contributed by atoms with van der Waals surface area (Å²) in [6, 6.07) is 5.21. The van der Waals surface area contributed by atoms with Crippen molar-refractivity contribution < 1.29 is 41.8 Å². The van der Waals surface area contributed by atoms with Crippen molar-refractivity contribution in [1.82, 2.24) is 0 Å². The van der Waals surface area contributed by atoms with Crippen LogP contribution in [0.15, 0.2) is 36.4 Å². The van der Waals surface area contributed by atoms with Crippen LogP contribution < -0.4 is 0 Å². The second kappa shape index (κ2) is 8.84. The molecule has 107 valence electrons. The quantitative estimate of drug-likeness (QED) is 0.381. The molecule has 0 bridgehead atoms. The van der Waals surface area contributed by atoms with Gasteiger partial charge in [-0.3, -0.25) is 10.1 Å². The van der Waals surface area contributed by atoms with E-state index in [9.17, 15) is 19.7 Å². The van der Waals surface area contributed by atoms with Gasteiger partial charge in [0.2, 0.25) is 0 Å². The predicted octanol–water partition coefficient (Wildman–Crippen LogP) is 1.94. The third-order valence-electron chi connectivity index (χ3n) is 1.70. The molecule has 0 fully saturated rings. The topological polar surface area (TPSA) is 118 Å². The van der Waals surface area contributed by atoms with Gasteiger partial charge in [-0.2, -0.15) is 0 Å². The van der Waals surface area contributed by atoms with Gasteiger partial charge in [0.1, 0.15) is 5.56 Å². The van der Waals surface area contributed by atoms with Crippen molar-refractivity contribution in [2.75, 3.05) is 0 Å². The molecule has 1 radical (unpaired) electrons. The molecule has 0 heterocycles. The van der Waals surface area contributed by atoms with E-state index >= 15 is 0 Å². The Morgan fingerprint density at radius 3 is 1.95 bits per heavy atom. The third kappa shape index (κ3) is 6.97. The summed E-state index contributed by atoms with van der Waals surface area (Å²) in [5.74, 6) is -2.22. The Morgan fingerprint density at radius 2 is 1.68 bits per heavy atom. The van der Waals surface area contributed by atoms with Gasteiger partial charge < -0.3 is 10.2 Å². The maximum atomic E-state index is 10.4. The van der Waals surface area contributed by atoms with Gasteiger partial charge in [-0.05, 0) is 13.0 Å². The minimum atomic E-state index is -1.29. The minimum absolute atomic E-state index is 0. The molecule has 0 aliphatic heterocycles. The van der Waals surface area contributed by atoms with E-state index < -0.39 is 16.9 Å². The number of benzene rings is 1. The van der Waals surface area contributed by atoms with Crippen LogP contribution in [0.25, 0.3) is 0 Å². The van der Waals surface area contributed by atoms with Crippen LogP contribution in [0.3, 0.4) is 0 Å². The van der Waals surface area contributed by atoms with Crippen LogP contribution in [0, 0.1) is 10.1 Å². The van der Waals surface area contributed by atoms with Gasteiger partial charge in [-0.1, -0.05) is 18.7 Å². The molecule has 0 saturated heterocycles. The summed E-state index contributed by atoms with van der Waals surface area (Å²) < 4.78 is 0. The van der Waals surface area contributed by atoms with Crippen molar-refractivity contribution in [2.45, 2.75) is 6.92 Å². The predicted molar refractivity (Wildman–Crippen MR) is 62.5 cm³/mol. The van der Waals surface area contributed by atoms with Crippen LogP contribution in [0.2, 0.25) is 0 Å². The SMILES string of the molecule is C=C(C)C(=O)O.O=C(O)c1ccccc1[N+](=O)[O-].[Cu]. The summed E-state index contributed by atoms with van der Waals surface area (Å²) in [6.45, 7) is 4.60. The second-order valence-electron chi connectivity index (χ2n) is 3.16. The number of nitro benzene ring substituents is 1. The van der Waals surface area contributed by atoms with E-state index in [0.717, 1.165) is 6.07 Å². The largest absolute Gasteiger partial charge is 0.478 e. The van der Waals surface area contributed by atoms with Crippen LogP contribution in [0.1, 0.15) is 17.3 Å². The second-order valence-corrected chi connectivity index (χ2v) is 3.16. The molecule has 0 aromatic heterocycles. The van der Waals surface area contributed by atoms with Crippen LogP contribution >= 0.6 is 0 Å². The number of carboxylic acid groups (broad SMARTS) is 2. The summed E-state index contributed by atoms with van der Waals surface area (Å²) in [5.41, 5.74) is -0.498. The summed E-state index contributed by atoms with van der Waals surface area (Å²) in [6.07, 6.45) is 0. The molecule has 7 nitrogen and oxygen atoms in total. The number of carboxylic acids is 2. The molecular formula is C11H11CuNO6. The van der Waals surface area contributed by atoms with Crippen molar-refractivity contribution in [3.63, 3.8) is 0 Å². The summed E-state index contributed by atoms with van der Waals surface area (Å²) in [5, 5.41) is 26.7. The number of para-hydroxylation sites is 1. The molecule has 0 aliphatic rings. The van der Waals surface area contributed by atoms with Crippen molar-refractivity contribution in [2.24, 2.45) is 0 Å². The number of rotatable bonds is 3. The van der Waals surface area contributed by atoms with E-state index in [0.29, 0.717) is 0 Å². The normalized spacial score (nSPS) is 8.26. The van der Waals surface area contributed by atoms with Gasteiger partial charge >= 0.3 is 11.9 Å². The van der Waals surface area contributed by atoms with E-state index in [1.54, 1.807) is 0 Å². The van der Waals surface area contributed by atoms with Crippen molar-refractivity contribution in [3.05, 3.63) is 52.1 Å². The molecule has 8 heteroatoms. The van der Waals surface area contributed by atoms with Crippen molar-refractivity contribution in [1.29, 1.82) is 0 Å². The van der Waals surface area contributed by atoms with Gasteiger partial charge in [0.25, 0.3) is 5.69 Å². The molecule has 19 heavy (non-hydrogen) atoms. The number of aliphatic carboxylic acids is 1. The molecule has 2 N–H and O–H groups in total. The van der Waals surface area contributed by atoms with Crippen molar-refractivity contribution >= 4 is 17.6 Å². The molecule has 0 aliphatic carbocycles. The van der Waals surface area contributed by atoms with Gasteiger partial charge in [0, 0.05) is 28.7 Å². The Balaban J connectivity index is 0. The Labute approximate surface area is 119 Å². The summed E-state index contributed by atoms with van der Waals surface area (Å²) >= 11 is 0. The monoisotopic (exact) mass is 316 g/mol. The number of hydrogen-bond donors (Lipinski definition) is 2. The Hall–Kier alpha value is -2.18. The number of hydrogen-bond acceptors (Lipinski definition) is 4. The minimum Gasteiger partial charge on any atom is -0.478 e. The number of nitro groups is 1. The fourth-order valence-electron chi connectivity index (χ4n) is 0.814. The summed E-state index contributed by atoms with van der Waals surface area (Å²) in [7, 11) is 0. The van der Waals surface area contributed by atoms with Crippen LogP contribution in [-0.4, -0.2) is 27.1 Å². The fourth-order valence-corrected chi connectivity index (χ4v) is 0.814. The first-order valence-electron chi connectivity index (χ1n) is 4.63. The molecule has 0 spiro atoms. The summed E-state index contributed by atoms with van der Waals surface area (Å²) in [4.78, 5) is 29.6. The first kappa shape index (κ1) is 19.2. The third-order valence-corrected chi connectivity index (χ3v) is 1.70. The molecule has 0 unspecified atom stereocenters. The zero-order valence-corrected chi connectivity index (χ0v) is 10.7. The zero-order chi connectivity index (χ0) is 14.3. The number of aromatic carboxylic acids is 1. The molecule has 1 aromatic rings. The number of nitrogens with zero attached hydrogens (tertiary/aromatic N) is 1. The van der Waals surface area contributed by atoms with E-state index in [-0.39, 0.29) is 33.9 Å². The Morgan fingerprint density at radius 1 is 1.26 bits per heavy atom. The van der Waals surface area contributed by atoms with Crippen molar-refractivity contribution in [3.8, 4) is 0 Å². The standard InChI is InChI=1S/C7H5NO4.C4H6O2.Cu/c9-7(10)5-3-1-2-4-6(5)8(11)12;1-3(2)4(5)6;/h1-4H,(H,9,10);1H2,2H3,(H,5,6);. The van der Waals surface area contributed by atoms with Crippen LogP contribution in [0.4, 0.5) is 5.69 Å². The van der Waals surface area contributed by atoms with Gasteiger partial charge in [0.05, 0.1) is 4.92 Å². The molecule has 0 saturated carbocycles. The molecular weight excluding hydrogens is 306 g/mol. The Kier molecular flexibility index (Phi) is 8.92. The van der Waals surface area contributed by atoms with E-state index in [4.69, 9.17) is 10.2 Å². The van der Waals surface area contributed by atoms with Crippen LogP contribution in [-0.2, 0) is 21.9 Å². The molecule has 0 atom stereocenters. The Bertz CT molecular complexity index is 455.